The number of hydrogen-bond acceptors (Lipinski definition) is 6. The van der Waals surface area contributed by atoms with Crippen LogP contribution >= 0.6 is 0 Å². The summed E-state index contributed by atoms with van der Waals surface area (Å²) in [5.74, 6) is -1.59. The molecule has 34 heavy (non-hydrogen) atoms. The maximum absolute atomic E-state index is 13.0. The predicted octanol–water partition coefficient (Wildman–Crippen LogP) is 4.42. The molecular formula is C23H21F3N4O4. The van der Waals surface area contributed by atoms with E-state index < -0.39 is 29.4 Å². The smallest absolute Gasteiger partial charge is 0.433 e. The third-order valence-electron chi connectivity index (χ3n) is 5.89. The summed E-state index contributed by atoms with van der Waals surface area (Å²) in [6.45, 7) is 0. The van der Waals surface area contributed by atoms with E-state index in [1.54, 1.807) is 10.9 Å². The van der Waals surface area contributed by atoms with Crippen LogP contribution in [-0.2, 0) is 15.7 Å². The second kappa shape index (κ2) is 9.24. The van der Waals surface area contributed by atoms with E-state index in [-0.39, 0.29) is 23.2 Å². The maximum Gasteiger partial charge on any atom is 0.433 e. The van der Waals surface area contributed by atoms with Gasteiger partial charge in [-0.15, -0.1) is 0 Å². The summed E-state index contributed by atoms with van der Waals surface area (Å²) in [4.78, 5) is 39.4. The van der Waals surface area contributed by atoms with Gasteiger partial charge in [0, 0.05) is 17.5 Å². The van der Waals surface area contributed by atoms with Crippen LogP contribution in [0.2, 0.25) is 0 Å². The van der Waals surface area contributed by atoms with E-state index in [2.05, 4.69) is 15.4 Å². The van der Waals surface area contributed by atoms with Gasteiger partial charge in [0.15, 0.2) is 0 Å². The fraction of sp³-hybridized carbons (Fsp3) is 0.348. The standard InChI is InChI=1S/C23H21F3N4O4/c1-34-22(33)16-10-18-14(11-30(29-18)15-7-5-13(12-31)6-8-15)9-19(16)28-21(32)17-3-2-4-20(27-17)23(24,25)26/h2-4,9-13,15H,5-8H2,1H3,(H,28,32). The SMILES string of the molecule is COC(=O)c1cc2nn(C3CCC(C=O)CC3)cc2cc1NC(=O)c1cccc(C(F)(F)F)n1. The first-order valence-electron chi connectivity index (χ1n) is 10.6. The number of ether oxygens (including phenoxy) is 1. The number of halogens is 3. The lowest BCUT2D eigenvalue weighted by atomic mass is 9.87. The summed E-state index contributed by atoms with van der Waals surface area (Å²) in [5.41, 5.74) is -1.09. The summed E-state index contributed by atoms with van der Waals surface area (Å²) in [6.07, 6.45) is 1.16. The number of aldehydes is 1. The van der Waals surface area contributed by atoms with Crippen LogP contribution < -0.4 is 5.32 Å². The Morgan fingerprint density at radius 3 is 2.56 bits per heavy atom. The second-order valence-electron chi connectivity index (χ2n) is 8.12. The highest BCUT2D eigenvalue weighted by Crippen LogP contribution is 2.33. The molecule has 11 heteroatoms. The Balaban J connectivity index is 1.65. The second-order valence-corrected chi connectivity index (χ2v) is 8.12. The third kappa shape index (κ3) is 4.78. The number of hydrogen-bond donors (Lipinski definition) is 1. The van der Waals surface area contributed by atoms with Gasteiger partial charge in [-0.1, -0.05) is 6.07 Å². The van der Waals surface area contributed by atoms with Crippen LogP contribution in [-0.4, -0.2) is 40.0 Å². The first-order valence-corrected chi connectivity index (χ1v) is 10.6. The number of aromatic nitrogens is 3. The van der Waals surface area contributed by atoms with Crippen LogP contribution in [0.3, 0.4) is 0 Å². The number of amides is 1. The van der Waals surface area contributed by atoms with E-state index >= 15 is 0 Å². The van der Waals surface area contributed by atoms with Gasteiger partial charge in [-0.3, -0.25) is 9.48 Å². The molecule has 8 nitrogen and oxygen atoms in total. The number of nitrogens with one attached hydrogen (secondary N) is 1. The molecule has 1 aliphatic rings. The number of esters is 1. The zero-order valence-electron chi connectivity index (χ0n) is 18.1. The molecule has 1 amide bonds. The Morgan fingerprint density at radius 1 is 1.18 bits per heavy atom. The van der Waals surface area contributed by atoms with Gasteiger partial charge in [-0.25, -0.2) is 9.78 Å². The molecule has 4 rings (SSSR count). The van der Waals surface area contributed by atoms with Gasteiger partial charge in [0.05, 0.1) is 29.9 Å². The third-order valence-corrected chi connectivity index (χ3v) is 5.89. The molecule has 2 heterocycles. The van der Waals surface area contributed by atoms with Crippen LogP contribution in [0, 0.1) is 5.92 Å². The number of methoxy groups -OCH3 is 1. The molecule has 1 aromatic carbocycles. The highest BCUT2D eigenvalue weighted by Gasteiger charge is 2.33. The van der Waals surface area contributed by atoms with Crippen LogP contribution in [0.1, 0.15) is 58.3 Å². The molecule has 0 radical (unpaired) electrons. The van der Waals surface area contributed by atoms with Crippen molar-refractivity contribution < 1.29 is 32.3 Å². The largest absolute Gasteiger partial charge is 0.465 e. The monoisotopic (exact) mass is 474 g/mol. The maximum atomic E-state index is 13.0. The molecule has 3 aromatic rings. The average molecular weight is 474 g/mol. The van der Waals surface area contributed by atoms with Crippen LogP contribution in [0.5, 0.6) is 0 Å². The number of anilines is 1. The first-order chi connectivity index (χ1) is 16.2. The highest BCUT2D eigenvalue weighted by atomic mass is 19.4. The highest BCUT2D eigenvalue weighted by molar-refractivity contribution is 6.09. The fourth-order valence-electron chi connectivity index (χ4n) is 4.07. The molecule has 0 unspecified atom stereocenters. The van der Waals surface area contributed by atoms with Crippen molar-refractivity contribution in [2.24, 2.45) is 5.92 Å². The van der Waals surface area contributed by atoms with Crippen molar-refractivity contribution >= 4 is 34.8 Å². The van der Waals surface area contributed by atoms with E-state index in [0.717, 1.165) is 50.2 Å². The van der Waals surface area contributed by atoms with E-state index in [4.69, 9.17) is 4.74 Å². The number of fused-ring (bicyclic) bond motifs is 1. The molecule has 2 aromatic heterocycles. The minimum atomic E-state index is -4.70. The Bertz CT molecular complexity index is 1250. The fourth-order valence-corrected chi connectivity index (χ4v) is 4.07. The van der Waals surface area contributed by atoms with Gasteiger partial charge >= 0.3 is 12.1 Å². The first kappa shape index (κ1) is 23.4. The zero-order chi connectivity index (χ0) is 24.5. The lowest BCUT2D eigenvalue weighted by molar-refractivity contribution is -0.141. The van der Waals surface area contributed by atoms with Gasteiger partial charge in [-0.05, 0) is 49.9 Å². The number of carbonyl (C=O) groups is 3. The van der Waals surface area contributed by atoms with Gasteiger partial charge in [0.2, 0.25) is 0 Å². The molecule has 1 saturated carbocycles. The lowest BCUT2D eigenvalue weighted by Crippen LogP contribution is -2.19. The molecule has 1 fully saturated rings. The average Bonchev–Trinajstić information content (AvgIpc) is 3.25. The number of alkyl halides is 3. The number of carbonyl (C=O) groups excluding carboxylic acids is 3. The van der Waals surface area contributed by atoms with Crippen molar-refractivity contribution in [2.45, 2.75) is 37.9 Å². The zero-order valence-corrected chi connectivity index (χ0v) is 18.1. The molecule has 0 atom stereocenters. The van der Waals surface area contributed by atoms with Crippen molar-refractivity contribution in [1.82, 2.24) is 14.8 Å². The van der Waals surface area contributed by atoms with E-state index in [0.29, 0.717) is 10.9 Å². The van der Waals surface area contributed by atoms with Crippen molar-refractivity contribution in [3.8, 4) is 0 Å². The minimum absolute atomic E-state index is 0.00485. The number of pyridine rings is 1. The number of nitrogens with zero attached hydrogens (tertiary/aromatic N) is 3. The summed E-state index contributed by atoms with van der Waals surface area (Å²) in [5, 5.41) is 7.64. The van der Waals surface area contributed by atoms with Crippen LogP contribution in [0.15, 0.2) is 36.5 Å². The van der Waals surface area contributed by atoms with E-state index in [1.807, 2.05) is 0 Å². The molecular weight excluding hydrogens is 453 g/mol. The topological polar surface area (TPSA) is 103 Å². The van der Waals surface area contributed by atoms with Gasteiger partial charge in [-0.2, -0.15) is 18.3 Å². The van der Waals surface area contributed by atoms with E-state index in [1.165, 1.54) is 19.2 Å². The Labute approximate surface area is 192 Å². The number of benzene rings is 1. The normalized spacial score (nSPS) is 18.5. The summed E-state index contributed by atoms with van der Waals surface area (Å²) < 4.78 is 45.5. The molecule has 0 bridgehead atoms. The van der Waals surface area contributed by atoms with Crippen molar-refractivity contribution in [3.63, 3.8) is 0 Å². The van der Waals surface area contributed by atoms with Crippen molar-refractivity contribution in [3.05, 3.63) is 53.5 Å². The Hall–Kier alpha value is -3.76. The lowest BCUT2D eigenvalue weighted by Gasteiger charge is -2.25. The van der Waals surface area contributed by atoms with Gasteiger partial charge < -0.3 is 14.8 Å². The summed E-state index contributed by atoms with van der Waals surface area (Å²) in [6, 6.07) is 6.07. The quantitative estimate of drug-likeness (QED) is 0.434. The molecule has 0 aliphatic heterocycles. The number of rotatable bonds is 5. The van der Waals surface area contributed by atoms with E-state index in [9.17, 15) is 27.6 Å². The summed E-state index contributed by atoms with van der Waals surface area (Å²) >= 11 is 0. The molecule has 1 N–H and O–H groups in total. The van der Waals surface area contributed by atoms with Gasteiger partial charge in [0.1, 0.15) is 17.7 Å². The molecule has 0 saturated heterocycles. The Kier molecular flexibility index (Phi) is 6.36. The predicted molar refractivity (Wildman–Crippen MR) is 115 cm³/mol. The van der Waals surface area contributed by atoms with Crippen molar-refractivity contribution in [1.29, 1.82) is 0 Å². The summed E-state index contributed by atoms with van der Waals surface area (Å²) in [7, 11) is 1.18. The van der Waals surface area contributed by atoms with Crippen molar-refractivity contribution in [2.75, 3.05) is 12.4 Å². The van der Waals surface area contributed by atoms with Gasteiger partial charge in [0.25, 0.3) is 5.91 Å². The van der Waals surface area contributed by atoms with Crippen LogP contribution in [0.25, 0.3) is 10.9 Å². The molecule has 178 valence electrons. The molecule has 1 aliphatic carbocycles. The molecule has 0 spiro atoms. The minimum Gasteiger partial charge on any atom is -0.465 e. The van der Waals surface area contributed by atoms with Crippen LogP contribution in [0.4, 0.5) is 18.9 Å². The Morgan fingerprint density at radius 2 is 1.91 bits per heavy atom.